The second-order valence-electron chi connectivity index (χ2n) is 5.81. The van der Waals surface area contributed by atoms with Crippen molar-refractivity contribution in [3.8, 4) is 0 Å². The van der Waals surface area contributed by atoms with E-state index in [1.807, 2.05) is 0 Å². The number of benzene rings is 1. The van der Waals surface area contributed by atoms with Gasteiger partial charge in [-0.05, 0) is 25.3 Å². The number of nitrogens with zero attached hydrogens (tertiary/aromatic N) is 1. The largest absolute Gasteiger partial charge is 0.342 e. The van der Waals surface area contributed by atoms with Crippen molar-refractivity contribution in [2.75, 3.05) is 26.2 Å². The molecule has 2 aliphatic heterocycles. The van der Waals surface area contributed by atoms with E-state index in [2.05, 4.69) is 41.4 Å². The number of nitrogens with one attached hydrogen (secondary N) is 1. The molecule has 0 aliphatic carbocycles. The van der Waals surface area contributed by atoms with E-state index in [-0.39, 0.29) is 5.92 Å². The highest BCUT2D eigenvalue weighted by Gasteiger charge is 2.36. The lowest BCUT2D eigenvalue weighted by molar-refractivity contribution is -0.134. The average molecular weight is 258 g/mol. The van der Waals surface area contributed by atoms with Gasteiger partial charge in [-0.1, -0.05) is 29.8 Å². The molecule has 2 fully saturated rings. The summed E-state index contributed by atoms with van der Waals surface area (Å²) in [6, 6.07) is 8.64. The molecule has 2 unspecified atom stereocenters. The first-order chi connectivity index (χ1) is 9.25. The molecular weight excluding hydrogens is 236 g/mol. The van der Waals surface area contributed by atoms with Gasteiger partial charge in [0, 0.05) is 32.1 Å². The van der Waals surface area contributed by atoms with E-state index in [0.29, 0.717) is 11.8 Å². The summed E-state index contributed by atoms with van der Waals surface area (Å²) in [7, 11) is 0. The molecule has 2 aliphatic rings. The summed E-state index contributed by atoms with van der Waals surface area (Å²) in [5.74, 6) is 0.822. The van der Waals surface area contributed by atoms with Crippen LogP contribution in [-0.4, -0.2) is 37.0 Å². The summed E-state index contributed by atoms with van der Waals surface area (Å²) < 4.78 is 0. The third-order valence-corrected chi connectivity index (χ3v) is 4.45. The summed E-state index contributed by atoms with van der Waals surface area (Å²) in [4.78, 5) is 14.6. The molecule has 1 amide bonds. The van der Waals surface area contributed by atoms with Crippen molar-refractivity contribution in [1.82, 2.24) is 10.2 Å². The molecular formula is C16H22N2O. The van der Waals surface area contributed by atoms with Crippen molar-refractivity contribution in [3.63, 3.8) is 0 Å². The standard InChI is InChI=1S/C16H22N2O/c1-12-4-6-13(7-5-12)14-10-17-11-15(14)16(19)18-8-2-3-9-18/h4-7,14-15,17H,2-3,8-11H2,1H3. The fraction of sp³-hybridized carbons (Fsp3) is 0.562. The van der Waals surface area contributed by atoms with Crippen molar-refractivity contribution in [2.24, 2.45) is 5.92 Å². The number of aryl methyl sites for hydroxylation is 1. The molecule has 0 radical (unpaired) electrons. The fourth-order valence-corrected chi connectivity index (χ4v) is 3.27. The SMILES string of the molecule is Cc1ccc(C2CNCC2C(=O)N2CCCC2)cc1. The molecule has 19 heavy (non-hydrogen) atoms. The zero-order valence-corrected chi connectivity index (χ0v) is 11.6. The molecule has 1 N–H and O–H groups in total. The quantitative estimate of drug-likeness (QED) is 0.879. The minimum Gasteiger partial charge on any atom is -0.342 e. The fourth-order valence-electron chi connectivity index (χ4n) is 3.27. The van der Waals surface area contributed by atoms with Crippen LogP contribution in [0.25, 0.3) is 0 Å². The monoisotopic (exact) mass is 258 g/mol. The van der Waals surface area contributed by atoms with Crippen LogP contribution >= 0.6 is 0 Å². The second kappa shape index (κ2) is 5.33. The van der Waals surface area contributed by atoms with Crippen LogP contribution in [0, 0.1) is 12.8 Å². The predicted octanol–water partition coefficient (Wildman–Crippen LogP) is 1.92. The first-order valence-corrected chi connectivity index (χ1v) is 7.32. The Hall–Kier alpha value is -1.35. The lowest BCUT2D eigenvalue weighted by atomic mass is 9.87. The molecule has 0 bridgehead atoms. The molecule has 3 heteroatoms. The summed E-state index contributed by atoms with van der Waals surface area (Å²) >= 11 is 0. The van der Waals surface area contributed by atoms with Crippen LogP contribution in [-0.2, 0) is 4.79 Å². The zero-order valence-electron chi connectivity index (χ0n) is 11.6. The molecule has 2 heterocycles. The van der Waals surface area contributed by atoms with Gasteiger partial charge in [-0.15, -0.1) is 0 Å². The Balaban J connectivity index is 1.77. The molecule has 0 aromatic heterocycles. The van der Waals surface area contributed by atoms with Gasteiger partial charge in [0.25, 0.3) is 0 Å². The topological polar surface area (TPSA) is 32.3 Å². The Morgan fingerprint density at radius 2 is 1.84 bits per heavy atom. The highest BCUT2D eigenvalue weighted by Crippen LogP contribution is 2.30. The number of rotatable bonds is 2. The van der Waals surface area contributed by atoms with Gasteiger partial charge in [-0.2, -0.15) is 0 Å². The first-order valence-electron chi connectivity index (χ1n) is 7.32. The molecule has 0 spiro atoms. The maximum absolute atomic E-state index is 12.6. The Morgan fingerprint density at radius 1 is 1.16 bits per heavy atom. The lowest BCUT2D eigenvalue weighted by Gasteiger charge is -2.24. The third-order valence-electron chi connectivity index (χ3n) is 4.45. The van der Waals surface area contributed by atoms with E-state index < -0.39 is 0 Å². The molecule has 1 aromatic rings. The van der Waals surface area contributed by atoms with Gasteiger partial charge >= 0.3 is 0 Å². The summed E-state index contributed by atoms with van der Waals surface area (Å²) in [6.07, 6.45) is 2.34. The van der Waals surface area contributed by atoms with E-state index in [1.165, 1.54) is 24.0 Å². The molecule has 1 aromatic carbocycles. The van der Waals surface area contributed by atoms with Crippen molar-refractivity contribution >= 4 is 5.91 Å². The van der Waals surface area contributed by atoms with Gasteiger partial charge in [0.2, 0.25) is 5.91 Å². The Morgan fingerprint density at radius 3 is 2.53 bits per heavy atom. The number of hydrogen-bond donors (Lipinski definition) is 1. The van der Waals surface area contributed by atoms with Gasteiger partial charge in [0.05, 0.1) is 5.92 Å². The van der Waals surface area contributed by atoms with Gasteiger partial charge in [-0.25, -0.2) is 0 Å². The Labute approximate surface area is 115 Å². The molecule has 0 saturated carbocycles. The van der Waals surface area contributed by atoms with Crippen molar-refractivity contribution in [2.45, 2.75) is 25.7 Å². The second-order valence-corrected chi connectivity index (χ2v) is 5.81. The van der Waals surface area contributed by atoms with E-state index in [0.717, 1.165) is 26.2 Å². The number of amides is 1. The van der Waals surface area contributed by atoms with Crippen LogP contribution in [0.15, 0.2) is 24.3 Å². The van der Waals surface area contributed by atoms with Gasteiger partial charge in [-0.3, -0.25) is 4.79 Å². The normalized spacial score (nSPS) is 26.9. The highest BCUT2D eigenvalue weighted by atomic mass is 16.2. The predicted molar refractivity (Wildman–Crippen MR) is 76.1 cm³/mol. The number of carbonyl (C=O) groups is 1. The van der Waals surface area contributed by atoms with Crippen LogP contribution in [0.2, 0.25) is 0 Å². The van der Waals surface area contributed by atoms with Crippen molar-refractivity contribution in [1.29, 1.82) is 0 Å². The summed E-state index contributed by atoms with van der Waals surface area (Å²) in [5, 5.41) is 3.39. The van der Waals surface area contributed by atoms with Gasteiger partial charge < -0.3 is 10.2 Å². The number of carbonyl (C=O) groups excluding carboxylic acids is 1. The van der Waals surface area contributed by atoms with Crippen LogP contribution in [0.5, 0.6) is 0 Å². The van der Waals surface area contributed by atoms with Crippen LogP contribution < -0.4 is 5.32 Å². The van der Waals surface area contributed by atoms with E-state index in [1.54, 1.807) is 0 Å². The van der Waals surface area contributed by atoms with E-state index >= 15 is 0 Å². The molecule has 2 atom stereocenters. The zero-order chi connectivity index (χ0) is 13.2. The van der Waals surface area contributed by atoms with Crippen LogP contribution in [0.4, 0.5) is 0 Å². The first kappa shape index (κ1) is 12.7. The Kier molecular flexibility index (Phi) is 3.56. The average Bonchev–Trinajstić information content (AvgIpc) is 3.10. The molecule has 3 rings (SSSR count). The summed E-state index contributed by atoms with van der Waals surface area (Å²) in [6.45, 7) is 5.76. The maximum Gasteiger partial charge on any atom is 0.227 e. The Bertz CT molecular complexity index is 448. The van der Waals surface area contributed by atoms with Crippen molar-refractivity contribution < 1.29 is 4.79 Å². The van der Waals surface area contributed by atoms with Gasteiger partial charge in [0.15, 0.2) is 0 Å². The molecule has 102 valence electrons. The van der Waals surface area contributed by atoms with Crippen molar-refractivity contribution in [3.05, 3.63) is 35.4 Å². The van der Waals surface area contributed by atoms with Crippen LogP contribution in [0.1, 0.15) is 29.9 Å². The minimum absolute atomic E-state index is 0.126. The van der Waals surface area contributed by atoms with E-state index in [4.69, 9.17) is 0 Å². The lowest BCUT2D eigenvalue weighted by Crippen LogP contribution is -2.36. The molecule has 2 saturated heterocycles. The van der Waals surface area contributed by atoms with Crippen LogP contribution in [0.3, 0.4) is 0 Å². The number of likely N-dealkylation sites (tertiary alicyclic amines) is 1. The number of hydrogen-bond acceptors (Lipinski definition) is 2. The highest BCUT2D eigenvalue weighted by molar-refractivity contribution is 5.81. The smallest absolute Gasteiger partial charge is 0.227 e. The minimum atomic E-state index is 0.126. The summed E-state index contributed by atoms with van der Waals surface area (Å²) in [5.41, 5.74) is 2.57. The maximum atomic E-state index is 12.6. The van der Waals surface area contributed by atoms with E-state index in [9.17, 15) is 4.79 Å². The van der Waals surface area contributed by atoms with Gasteiger partial charge in [0.1, 0.15) is 0 Å². The molecule has 3 nitrogen and oxygen atoms in total. The third kappa shape index (κ3) is 2.52.